The molecule has 4 bridgehead atoms. The molecule has 0 heterocycles. The van der Waals surface area contributed by atoms with Crippen LogP contribution in [0.25, 0.3) is 10.8 Å². The van der Waals surface area contributed by atoms with Crippen LogP contribution in [0, 0.1) is 24.7 Å². The molecule has 4 aliphatic rings. The Morgan fingerprint density at radius 1 is 0.857 bits per heavy atom. The Balaban J connectivity index is 1.74. The predicted octanol–water partition coefficient (Wildman–Crippen LogP) is 5.62. The van der Waals surface area contributed by atoms with Gasteiger partial charge in [0.05, 0.1) is 0 Å². The largest absolute Gasteiger partial charge is 0.0616 e. The van der Waals surface area contributed by atoms with Gasteiger partial charge in [-0.1, -0.05) is 42.0 Å². The molecule has 6 rings (SSSR count). The molecule has 4 aliphatic carbocycles. The van der Waals surface area contributed by atoms with Crippen LogP contribution in [0.5, 0.6) is 0 Å². The van der Waals surface area contributed by atoms with Crippen LogP contribution < -0.4 is 0 Å². The van der Waals surface area contributed by atoms with Gasteiger partial charge < -0.3 is 0 Å². The van der Waals surface area contributed by atoms with Crippen molar-refractivity contribution in [2.75, 3.05) is 0 Å². The highest BCUT2D eigenvalue weighted by atomic mass is 14.6. The summed E-state index contributed by atoms with van der Waals surface area (Å²) in [6.07, 6.45) is 8.99. The molecule has 4 saturated carbocycles. The van der Waals surface area contributed by atoms with Gasteiger partial charge in [0.1, 0.15) is 0 Å². The Bertz CT molecular complexity index is 674. The topological polar surface area (TPSA) is 0 Å². The first-order chi connectivity index (χ1) is 10.2. The first-order valence-corrected chi connectivity index (χ1v) is 8.72. The number of aryl methyl sites for hydroxylation is 1. The van der Waals surface area contributed by atoms with Crippen molar-refractivity contribution in [3.8, 4) is 0 Å². The van der Waals surface area contributed by atoms with Crippen molar-refractivity contribution < 1.29 is 0 Å². The molecule has 0 saturated heterocycles. The van der Waals surface area contributed by atoms with E-state index < -0.39 is 0 Å². The molecule has 2 aromatic carbocycles. The first-order valence-electron chi connectivity index (χ1n) is 8.72. The fraction of sp³-hybridized carbons (Fsp3) is 0.524. The van der Waals surface area contributed by atoms with E-state index in [0.717, 1.165) is 17.8 Å². The Morgan fingerprint density at radius 3 is 2.14 bits per heavy atom. The minimum Gasteiger partial charge on any atom is -0.0616 e. The number of hydrogen-bond acceptors (Lipinski definition) is 0. The van der Waals surface area contributed by atoms with E-state index in [4.69, 9.17) is 0 Å². The molecular formula is C21H24. The second kappa shape index (κ2) is 4.12. The highest BCUT2D eigenvalue weighted by Crippen LogP contribution is 2.61. The number of hydrogen-bond donors (Lipinski definition) is 0. The fourth-order valence-corrected chi connectivity index (χ4v) is 6.34. The molecule has 0 spiro atoms. The molecule has 0 aromatic heterocycles. The second-order valence-corrected chi connectivity index (χ2v) is 8.23. The third kappa shape index (κ3) is 1.74. The number of rotatable bonds is 1. The van der Waals surface area contributed by atoms with E-state index in [1.54, 1.807) is 5.56 Å². The first kappa shape index (κ1) is 12.3. The maximum Gasteiger partial charge on any atom is -0.00328 e. The smallest absolute Gasteiger partial charge is 0.00328 e. The summed E-state index contributed by atoms with van der Waals surface area (Å²) in [4.78, 5) is 0. The van der Waals surface area contributed by atoms with Gasteiger partial charge in [0, 0.05) is 0 Å². The Morgan fingerprint density at radius 2 is 1.48 bits per heavy atom. The highest BCUT2D eigenvalue weighted by Gasteiger charge is 2.51. The molecule has 0 aliphatic heterocycles. The van der Waals surface area contributed by atoms with Crippen molar-refractivity contribution in [3.63, 3.8) is 0 Å². The summed E-state index contributed by atoms with van der Waals surface area (Å²) in [6.45, 7) is 2.27. The highest BCUT2D eigenvalue weighted by molar-refractivity contribution is 5.87. The average Bonchev–Trinajstić information content (AvgIpc) is 2.45. The maximum atomic E-state index is 2.52. The van der Waals surface area contributed by atoms with Crippen LogP contribution in [0.3, 0.4) is 0 Å². The number of benzene rings is 2. The monoisotopic (exact) mass is 276 g/mol. The standard InChI is InChI=1S/C21H24/c1-14-6-18-4-2-3-5-19(18)20(7-14)21-11-15-8-16(12-21)10-17(9-15)13-21/h2-7,15-17H,8-13H2,1H3. The third-order valence-corrected chi connectivity index (χ3v) is 6.62. The predicted molar refractivity (Wildman–Crippen MR) is 88.5 cm³/mol. The molecule has 108 valence electrons. The number of fused-ring (bicyclic) bond motifs is 1. The zero-order chi connectivity index (χ0) is 14.0. The third-order valence-electron chi connectivity index (χ3n) is 6.62. The molecule has 0 atom stereocenters. The quantitative estimate of drug-likeness (QED) is 0.634. The Labute approximate surface area is 127 Å². The molecule has 0 radical (unpaired) electrons. The summed E-state index contributed by atoms with van der Waals surface area (Å²) in [7, 11) is 0. The minimum absolute atomic E-state index is 0.514. The van der Waals surface area contributed by atoms with Crippen LogP contribution in [-0.4, -0.2) is 0 Å². The van der Waals surface area contributed by atoms with Crippen LogP contribution in [0.1, 0.15) is 49.7 Å². The molecule has 21 heavy (non-hydrogen) atoms. The SMILES string of the molecule is Cc1cc(C23CC4CC(CC(C4)C2)C3)c2ccccc2c1. The summed E-state index contributed by atoms with van der Waals surface area (Å²) in [5, 5.41) is 2.98. The zero-order valence-corrected chi connectivity index (χ0v) is 12.9. The van der Waals surface area contributed by atoms with Crippen molar-refractivity contribution in [1.29, 1.82) is 0 Å². The lowest BCUT2D eigenvalue weighted by atomic mass is 9.47. The van der Waals surface area contributed by atoms with E-state index in [1.165, 1.54) is 54.9 Å². The van der Waals surface area contributed by atoms with Crippen molar-refractivity contribution in [2.45, 2.75) is 50.9 Å². The fourth-order valence-electron chi connectivity index (χ4n) is 6.34. The summed E-state index contributed by atoms with van der Waals surface area (Å²) >= 11 is 0. The molecular weight excluding hydrogens is 252 g/mol. The average molecular weight is 276 g/mol. The molecule has 2 aromatic rings. The van der Waals surface area contributed by atoms with Crippen LogP contribution >= 0.6 is 0 Å². The van der Waals surface area contributed by atoms with Crippen LogP contribution in [0.15, 0.2) is 36.4 Å². The van der Waals surface area contributed by atoms with Gasteiger partial charge in [-0.25, -0.2) is 0 Å². The lowest BCUT2D eigenvalue weighted by Crippen LogP contribution is -2.48. The van der Waals surface area contributed by atoms with Crippen molar-refractivity contribution >= 4 is 10.8 Å². The lowest BCUT2D eigenvalue weighted by Gasteiger charge is -2.57. The van der Waals surface area contributed by atoms with E-state index in [9.17, 15) is 0 Å². The van der Waals surface area contributed by atoms with Crippen LogP contribution in [-0.2, 0) is 5.41 Å². The molecule has 4 fully saturated rings. The molecule has 0 heteroatoms. The van der Waals surface area contributed by atoms with Crippen LogP contribution in [0.2, 0.25) is 0 Å². The normalized spacial score (nSPS) is 37.3. The van der Waals surface area contributed by atoms with Crippen LogP contribution in [0.4, 0.5) is 0 Å². The lowest BCUT2D eigenvalue weighted by molar-refractivity contribution is -0.00451. The van der Waals surface area contributed by atoms with E-state index in [2.05, 4.69) is 43.3 Å². The van der Waals surface area contributed by atoms with Gasteiger partial charge in [-0.2, -0.15) is 0 Å². The van der Waals surface area contributed by atoms with Crippen molar-refractivity contribution in [2.24, 2.45) is 17.8 Å². The summed E-state index contributed by atoms with van der Waals surface area (Å²) in [5.41, 5.74) is 3.65. The Hall–Kier alpha value is -1.30. The van der Waals surface area contributed by atoms with Gasteiger partial charge in [0.15, 0.2) is 0 Å². The second-order valence-electron chi connectivity index (χ2n) is 8.23. The summed E-state index contributed by atoms with van der Waals surface area (Å²) < 4.78 is 0. The van der Waals surface area contributed by atoms with Gasteiger partial charge in [0.25, 0.3) is 0 Å². The van der Waals surface area contributed by atoms with Crippen molar-refractivity contribution in [1.82, 2.24) is 0 Å². The molecule has 0 N–H and O–H groups in total. The van der Waals surface area contributed by atoms with Gasteiger partial charge in [-0.05, 0) is 85.0 Å². The van der Waals surface area contributed by atoms with Gasteiger partial charge >= 0.3 is 0 Å². The van der Waals surface area contributed by atoms with Gasteiger partial charge in [0.2, 0.25) is 0 Å². The van der Waals surface area contributed by atoms with E-state index >= 15 is 0 Å². The summed E-state index contributed by atoms with van der Waals surface area (Å²) in [6, 6.07) is 14.0. The van der Waals surface area contributed by atoms with Gasteiger partial charge in [-0.15, -0.1) is 0 Å². The van der Waals surface area contributed by atoms with E-state index in [-0.39, 0.29) is 0 Å². The molecule has 0 amide bonds. The Kier molecular flexibility index (Phi) is 2.41. The van der Waals surface area contributed by atoms with E-state index in [0.29, 0.717) is 5.41 Å². The maximum absolute atomic E-state index is 2.52. The van der Waals surface area contributed by atoms with Gasteiger partial charge in [-0.3, -0.25) is 0 Å². The van der Waals surface area contributed by atoms with E-state index in [1.807, 2.05) is 0 Å². The summed E-state index contributed by atoms with van der Waals surface area (Å²) in [5.74, 6) is 3.07. The molecule has 0 nitrogen and oxygen atoms in total. The molecule has 0 unspecified atom stereocenters. The van der Waals surface area contributed by atoms with Crippen molar-refractivity contribution in [3.05, 3.63) is 47.5 Å². The minimum atomic E-state index is 0.514. The zero-order valence-electron chi connectivity index (χ0n) is 12.9.